The maximum atomic E-state index is 5.51. The van der Waals surface area contributed by atoms with Gasteiger partial charge in [-0.05, 0) is 0 Å². The fourth-order valence-corrected chi connectivity index (χ4v) is 1.27. The van der Waals surface area contributed by atoms with Gasteiger partial charge in [0.25, 0.3) is 0 Å². The summed E-state index contributed by atoms with van der Waals surface area (Å²) in [4.78, 5) is 6.04. The standard InChI is InChI=1S/C5H8ClN3S/c1-9(2)5-7-4(3-6)8-10-5/h3H2,1-2H3. The van der Waals surface area contributed by atoms with Crippen molar-refractivity contribution in [3.63, 3.8) is 0 Å². The van der Waals surface area contributed by atoms with Crippen molar-refractivity contribution >= 4 is 28.3 Å². The molecule has 0 N–H and O–H groups in total. The zero-order valence-corrected chi connectivity index (χ0v) is 7.41. The number of nitrogens with zero attached hydrogens (tertiary/aromatic N) is 3. The quantitative estimate of drug-likeness (QED) is 0.639. The summed E-state index contributed by atoms with van der Waals surface area (Å²) in [5, 5.41) is 0.899. The highest BCUT2D eigenvalue weighted by molar-refractivity contribution is 7.09. The number of halogens is 1. The second-order valence-corrected chi connectivity index (χ2v) is 3.02. The third-order valence-corrected chi connectivity index (χ3v) is 2.12. The van der Waals surface area contributed by atoms with Crippen molar-refractivity contribution in [2.45, 2.75) is 5.88 Å². The van der Waals surface area contributed by atoms with Crippen LogP contribution in [0.15, 0.2) is 0 Å². The van der Waals surface area contributed by atoms with Gasteiger partial charge >= 0.3 is 0 Å². The normalized spacial score (nSPS) is 9.90. The second-order valence-electron chi connectivity index (χ2n) is 2.02. The van der Waals surface area contributed by atoms with Gasteiger partial charge in [-0.1, -0.05) is 0 Å². The summed E-state index contributed by atoms with van der Waals surface area (Å²) in [5.74, 6) is 1.10. The molecule has 1 aromatic heterocycles. The van der Waals surface area contributed by atoms with Crippen LogP contribution in [0.25, 0.3) is 0 Å². The van der Waals surface area contributed by atoms with E-state index in [2.05, 4.69) is 9.36 Å². The number of rotatable bonds is 2. The average Bonchev–Trinajstić information content (AvgIpc) is 2.34. The monoisotopic (exact) mass is 177 g/mol. The van der Waals surface area contributed by atoms with Crippen LogP contribution in [0, 0.1) is 0 Å². The molecule has 0 amide bonds. The lowest BCUT2D eigenvalue weighted by molar-refractivity contribution is 1.06. The van der Waals surface area contributed by atoms with E-state index in [-0.39, 0.29) is 0 Å². The Labute approximate surface area is 68.8 Å². The molecular weight excluding hydrogens is 170 g/mol. The maximum Gasteiger partial charge on any atom is 0.204 e. The third-order valence-electron chi connectivity index (χ3n) is 0.959. The van der Waals surface area contributed by atoms with E-state index in [1.807, 2.05) is 19.0 Å². The summed E-state index contributed by atoms with van der Waals surface area (Å²) < 4.78 is 4.01. The predicted molar refractivity (Wildman–Crippen MR) is 43.8 cm³/mol. The molecular formula is C5H8ClN3S. The highest BCUT2D eigenvalue weighted by Gasteiger charge is 2.02. The van der Waals surface area contributed by atoms with Crippen LogP contribution < -0.4 is 4.90 Å². The Morgan fingerprint density at radius 2 is 2.30 bits per heavy atom. The second kappa shape index (κ2) is 3.16. The van der Waals surface area contributed by atoms with Crippen molar-refractivity contribution in [3.05, 3.63) is 5.82 Å². The van der Waals surface area contributed by atoms with Crippen molar-refractivity contribution in [3.8, 4) is 0 Å². The Hall–Kier alpha value is -0.350. The van der Waals surface area contributed by atoms with Crippen LogP contribution in [0.2, 0.25) is 0 Å². The average molecular weight is 178 g/mol. The Bertz CT molecular complexity index is 210. The van der Waals surface area contributed by atoms with Crippen molar-refractivity contribution in [2.24, 2.45) is 0 Å². The van der Waals surface area contributed by atoms with Crippen LogP contribution >= 0.6 is 23.1 Å². The van der Waals surface area contributed by atoms with Gasteiger partial charge in [0.2, 0.25) is 5.13 Å². The van der Waals surface area contributed by atoms with E-state index in [0.717, 1.165) is 5.13 Å². The maximum absolute atomic E-state index is 5.51. The zero-order valence-electron chi connectivity index (χ0n) is 5.83. The van der Waals surface area contributed by atoms with Crippen molar-refractivity contribution in [1.82, 2.24) is 9.36 Å². The lowest BCUT2D eigenvalue weighted by atomic mass is 10.7. The van der Waals surface area contributed by atoms with E-state index in [9.17, 15) is 0 Å². The molecule has 0 saturated carbocycles. The highest BCUT2D eigenvalue weighted by atomic mass is 35.5. The summed E-state index contributed by atoms with van der Waals surface area (Å²) in [5.41, 5.74) is 0. The van der Waals surface area contributed by atoms with E-state index in [1.54, 1.807) is 0 Å². The molecule has 1 rings (SSSR count). The SMILES string of the molecule is CN(C)c1nc(CCl)ns1. The third kappa shape index (κ3) is 1.58. The molecule has 0 unspecified atom stereocenters. The molecule has 1 aromatic rings. The molecule has 0 aliphatic carbocycles. The molecule has 0 radical (unpaired) electrons. The first-order valence-electron chi connectivity index (χ1n) is 2.80. The fourth-order valence-electron chi connectivity index (χ4n) is 0.481. The molecule has 10 heavy (non-hydrogen) atoms. The van der Waals surface area contributed by atoms with Gasteiger partial charge in [-0.2, -0.15) is 4.37 Å². The van der Waals surface area contributed by atoms with Gasteiger partial charge in [0.15, 0.2) is 5.82 Å². The van der Waals surface area contributed by atoms with Crippen LogP contribution in [0.5, 0.6) is 0 Å². The zero-order chi connectivity index (χ0) is 7.56. The summed E-state index contributed by atoms with van der Waals surface area (Å²) in [7, 11) is 3.86. The van der Waals surface area contributed by atoms with Gasteiger partial charge in [-0.3, -0.25) is 0 Å². The van der Waals surface area contributed by atoms with Crippen LogP contribution in [-0.2, 0) is 5.88 Å². The Kier molecular flexibility index (Phi) is 2.45. The number of aromatic nitrogens is 2. The predicted octanol–water partition coefficient (Wildman–Crippen LogP) is 1.34. The van der Waals surface area contributed by atoms with E-state index < -0.39 is 0 Å². The van der Waals surface area contributed by atoms with Crippen molar-refractivity contribution < 1.29 is 0 Å². The molecule has 0 aliphatic rings. The van der Waals surface area contributed by atoms with Gasteiger partial charge in [-0.15, -0.1) is 11.6 Å². The first-order chi connectivity index (χ1) is 4.74. The lowest BCUT2D eigenvalue weighted by Gasteiger charge is -2.03. The minimum Gasteiger partial charge on any atom is -0.353 e. The van der Waals surface area contributed by atoms with E-state index >= 15 is 0 Å². The molecule has 0 aliphatic heterocycles. The highest BCUT2D eigenvalue weighted by Crippen LogP contribution is 2.14. The number of hydrogen-bond acceptors (Lipinski definition) is 4. The molecule has 0 bridgehead atoms. The van der Waals surface area contributed by atoms with Crippen LogP contribution in [0.4, 0.5) is 5.13 Å². The fraction of sp³-hybridized carbons (Fsp3) is 0.600. The van der Waals surface area contributed by atoms with Crippen molar-refractivity contribution in [1.29, 1.82) is 0 Å². The molecule has 0 fully saturated rings. The van der Waals surface area contributed by atoms with Crippen LogP contribution in [0.1, 0.15) is 5.82 Å². The summed E-state index contributed by atoms with van der Waals surface area (Å²) in [6, 6.07) is 0. The Morgan fingerprint density at radius 3 is 2.60 bits per heavy atom. The summed E-state index contributed by atoms with van der Waals surface area (Å²) >= 11 is 6.87. The van der Waals surface area contributed by atoms with Gasteiger partial charge < -0.3 is 4.90 Å². The molecule has 3 nitrogen and oxygen atoms in total. The number of alkyl halides is 1. The van der Waals surface area contributed by atoms with Gasteiger partial charge in [0.1, 0.15) is 0 Å². The van der Waals surface area contributed by atoms with E-state index in [1.165, 1.54) is 11.5 Å². The first-order valence-corrected chi connectivity index (χ1v) is 4.10. The number of hydrogen-bond donors (Lipinski definition) is 0. The van der Waals surface area contributed by atoms with E-state index in [4.69, 9.17) is 11.6 Å². The van der Waals surface area contributed by atoms with Gasteiger partial charge in [0.05, 0.1) is 5.88 Å². The summed E-state index contributed by atoms with van der Waals surface area (Å²) in [6.45, 7) is 0. The lowest BCUT2D eigenvalue weighted by Crippen LogP contribution is -2.07. The van der Waals surface area contributed by atoms with Gasteiger partial charge in [-0.25, -0.2) is 4.98 Å². The van der Waals surface area contributed by atoms with E-state index in [0.29, 0.717) is 11.7 Å². The molecule has 0 saturated heterocycles. The van der Waals surface area contributed by atoms with Crippen molar-refractivity contribution in [2.75, 3.05) is 19.0 Å². The minimum absolute atomic E-state index is 0.393. The molecule has 5 heteroatoms. The van der Waals surface area contributed by atoms with Gasteiger partial charge in [0, 0.05) is 25.6 Å². The molecule has 0 atom stereocenters. The molecule has 0 aromatic carbocycles. The topological polar surface area (TPSA) is 29.0 Å². The molecule has 1 heterocycles. The largest absolute Gasteiger partial charge is 0.353 e. The Morgan fingerprint density at radius 1 is 1.60 bits per heavy atom. The summed E-state index contributed by atoms with van der Waals surface area (Å²) in [6.07, 6.45) is 0. The van der Waals surface area contributed by atoms with Crippen LogP contribution in [-0.4, -0.2) is 23.5 Å². The molecule has 0 spiro atoms. The minimum atomic E-state index is 0.393. The Balaban J connectivity index is 2.78. The van der Waals surface area contributed by atoms with Crippen LogP contribution in [0.3, 0.4) is 0 Å². The molecule has 56 valence electrons. The number of anilines is 1. The first kappa shape index (κ1) is 7.75. The smallest absolute Gasteiger partial charge is 0.204 e.